The van der Waals surface area contributed by atoms with Gasteiger partial charge in [0.15, 0.2) is 18.9 Å². The SMILES string of the molecule is C[C@H]1OC(O[C@@H]2CO[C@@H](O[C@H]3CC[C@]4(C)C5CC[C@]6(C)[C@@H](C7=CC(=O)OC7)CC[C@]6(O)[C@@H]5CC[C@@H]4C3)C[C@@H]2O)CC[C@@H]1O[C@H]1C[C@H](O)[C@H](O)CO1. The first kappa shape index (κ1) is 36.8. The van der Waals surface area contributed by atoms with Gasteiger partial charge >= 0.3 is 5.97 Å². The molecule has 7 fully saturated rings. The zero-order valence-corrected chi connectivity index (χ0v) is 30.5. The van der Waals surface area contributed by atoms with Crippen LogP contribution in [0.3, 0.4) is 0 Å². The number of hydrogen-bond donors (Lipinski definition) is 4. The number of carbonyl (C=O) groups is 1. The fourth-order valence-electron chi connectivity index (χ4n) is 12.1. The number of ether oxygens (including phenoxy) is 7. The van der Waals surface area contributed by atoms with Crippen molar-refractivity contribution in [1.29, 1.82) is 0 Å². The number of hydrogen-bond acceptors (Lipinski definition) is 12. The zero-order chi connectivity index (χ0) is 35.7. The lowest BCUT2D eigenvalue weighted by Crippen LogP contribution is -2.62. The van der Waals surface area contributed by atoms with Crippen LogP contribution in [0.5, 0.6) is 0 Å². The van der Waals surface area contributed by atoms with Crippen molar-refractivity contribution >= 4 is 5.97 Å². The lowest BCUT2D eigenvalue weighted by Gasteiger charge is -2.63. The molecule has 4 saturated carbocycles. The van der Waals surface area contributed by atoms with Gasteiger partial charge in [-0.2, -0.15) is 0 Å². The van der Waals surface area contributed by atoms with Crippen LogP contribution in [0.1, 0.15) is 104 Å². The summed E-state index contributed by atoms with van der Waals surface area (Å²) in [5.74, 6) is 1.24. The molecule has 0 radical (unpaired) electrons. The van der Waals surface area contributed by atoms with Crippen LogP contribution in [0.2, 0.25) is 0 Å². The predicted octanol–water partition coefficient (Wildman–Crippen LogP) is 3.50. The molecule has 0 aromatic rings. The molecule has 4 aliphatic heterocycles. The third-order valence-corrected chi connectivity index (χ3v) is 15.2. The lowest BCUT2D eigenvalue weighted by atomic mass is 9.43. The van der Waals surface area contributed by atoms with Gasteiger partial charge in [0.1, 0.15) is 18.8 Å². The Morgan fingerprint density at radius 2 is 1.51 bits per heavy atom. The van der Waals surface area contributed by atoms with Crippen LogP contribution >= 0.6 is 0 Å². The van der Waals surface area contributed by atoms with E-state index in [0.29, 0.717) is 37.7 Å². The smallest absolute Gasteiger partial charge is 0.331 e. The first-order valence-electron chi connectivity index (χ1n) is 19.8. The van der Waals surface area contributed by atoms with Gasteiger partial charge in [0.2, 0.25) is 0 Å². The van der Waals surface area contributed by atoms with E-state index in [1.807, 2.05) is 6.92 Å². The van der Waals surface area contributed by atoms with Crippen molar-refractivity contribution in [2.75, 3.05) is 19.8 Å². The Morgan fingerprint density at radius 3 is 2.25 bits per heavy atom. The highest BCUT2D eigenvalue weighted by Gasteiger charge is 2.67. The maximum atomic E-state index is 12.5. The van der Waals surface area contributed by atoms with E-state index in [9.17, 15) is 25.2 Å². The maximum absolute atomic E-state index is 12.5. The Hall–Kier alpha value is -1.19. The molecule has 17 atom stereocenters. The van der Waals surface area contributed by atoms with Crippen molar-refractivity contribution in [2.45, 2.75) is 171 Å². The summed E-state index contributed by atoms with van der Waals surface area (Å²) < 4.78 is 41.8. The van der Waals surface area contributed by atoms with Gasteiger partial charge in [-0.3, -0.25) is 0 Å². The number of rotatable bonds is 7. The number of carbonyl (C=O) groups excluding carboxylic acids is 1. The van der Waals surface area contributed by atoms with E-state index in [1.54, 1.807) is 6.08 Å². The molecule has 288 valence electrons. The van der Waals surface area contributed by atoms with Crippen molar-refractivity contribution in [1.82, 2.24) is 0 Å². The molecular formula is C39H60O12. The van der Waals surface area contributed by atoms with Crippen LogP contribution in [0.25, 0.3) is 0 Å². The molecule has 12 heteroatoms. The summed E-state index contributed by atoms with van der Waals surface area (Å²) >= 11 is 0. The highest BCUT2D eigenvalue weighted by molar-refractivity contribution is 5.85. The molecule has 0 spiro atoms. The van der Waals surface area contributed by atoms with Crippen LogP contribution < -0.4 is 0 Å². The summed E-state index contributed by atoms with van der Waals surface area (Å²) in [6.45, 7) is 7.31. The molecule has 4 aliphatic carbocycles. The van der Waals surface area contributed by atoms with Crippen LogP contribution in [0.15, 0.2) is 11.6 Å². The molecule has 12 nitrogen and oxygen atoms in total. The number of cyclic esters (lactones) is 1. The van der Waals surface area contributed by atoms with Gasteiger partial charge in [0.25, 0.3) is 0 Å². The third kappa shape index (κ3) is 6.65. The summed E-state index contributed by atoms with van der Waals surface area (Å²) in [7, 11) is 0. The number of esters is 1. The first-order valence-corrected chi connectivity index (χ1v) is 19.8. The number of aliphatic hydroxyl groups excluding tert-OH is 3. The first-order chi connectivity index (χ1) is 24.4. The average molecular weight is 721 g/mol. The van der Waals surface area contributed by atoms with E-state index >= 15 is 0 Å². The molecular weight excluding hydrogens is 660 g/mol. The summed E-state index contributed by atoms with van der Waals surface area (Å²) in [5, 5.41) is 43.3. The van der Waals surface area contributed by atoms with Gasteiger partial charge in [-0.25, -0.2) is 4.79 Å². The second-order valence-electron chi connectivity index (χ2n) is 17.7. The number of aliphatic hydroxyl groups is 4. The summed E-state index contributed by atoms with van der Waals surface area (Å²) in [5.41, 5.74) is 0.297. The Kier molecular flexibility index (Phi) is 10.2. The molecule has 0 amide bonds. The molecule has 0 aromatic heterocycles. The fourth-order valence-corrected chi connectivity index (χ4v) is 12.1. The Balaban J connectivity index is 0.804. The van der Waals surface area contributed by atoms with Crippen molar-refractivity contribution in [3.63, 3.8) is 0 Å². The second-order valence-corrected chi connectivity index (χ2v) is 17.7. The average Bonchev–Trinajstić information content (AvgIpc) is 3.64. The van der Waals surface area contributed by atoms with E-state index in [2.05, 4.69) is 13.8 Å². The van der Waals surface area contributed by atoms with Gasteiger partial charge < -0.3 is 53.6 Å². The molecule has 8 aliphatic rings. The highest BCUT2D eigenvalue weighted by Crippen LogP contribution is 2.70. The quantitative estimate of drug-likeness (QED) is 0.224. The van der Waals surface area contributed by atoms with Crippen LogP contribution in [-0.2, 0) is 38.0 Å². The Morgan fingerprint density at radius 1 is 0.745 bits per heavy atom. The highest BCUT2D eigenvalue weighted by atomic mass is 16.7. The topological polar surface area (TPSA) is 163 Å². The molecule has 3 saturated heterocycles. The number of fused-ring (bicyclic) bond motifs is 5. The fraction of sp³-hybridized carbons (Fsp3) is 0.923. The van der Waals surface area contributed by atoms with E-state index < -0.39 is 48.9 Å². The normalized spacial score (nSPS) is 53.1. The minimum Gasteiger partial charge on any atom is -0.458 e. The third-order valence-electron chi connectivity index (χ3n) is 15.2. The monoisotopic (exact) mass is 720 g/mol. The predicted molar refractivity (Wildman–Crippen MR) is 181 cm³/mol. The van der Waals surface area contributed by atoms with Crippen molar-refractivity contribution in [3.05, 3.63) is 11.6 Å². The largest absolute Gasteiger partial charge is 0.458 e. The van der Waals surface area contributed by atoms with Gasteiger partial charge in [-0.15, -0.1) is 0 Å². The van der Waals surface area contributed by atoms with Gasteiger partial charge in [-0.05, 0) is 106 Å². The summed E-state index contributed by atoms with van der Waals surface area (Å²) in [6.07, 6.45) is 7.42. The molecule has 0 aromatic carbocycles. The van der Waals surface area contributed by atoms with Crippen LogP contribution in [-0.4, -0.2) is 113 Å². The molecule has 0 bridgehead atoms. The molecule has 4 N–H and O–H groups in total. The van der Waals surface area contributed by atoms with E-state index in [0.717, 1.165) is 63.4 Å². The summed E-state index contributed by atoms with van der Waals surface area (Å²) in [6, 6.07) is 0. The lowest BCUT2D eigenvalue weighted by molar-refractivity contribution is -0.308. The van der Waals surface area contributed by atoms with Gasteiger partial charge in [0.05, 0.1) is 49.3 Å². The molecule has 4 heterocycles. The minimum atomic E-state index is -0.891. The Bertz CT molecular complexity index is 1310. The van der Waals surface area contributed by atoms with Crippen LogP contribution in [0, 0.1) is 34.5 Å². The van der Waals surface area contributed by atoms with E-state index in [4.69, 9.17) is 33.2 Å². The van der Waals surface area contributed by atoms with Crippen molar-refractivity contribution in [3.8, 4) is 0 Å². The van der Waals surface area contributed by atoms with Gasteiger partial charge in [-0.1, -0.05) is 13.8 Å². The van der Waals surface area contributed by atoms with Crippen molar-refractivity contribution in [2.24, 2.45) is 34.5 Å². The van der Waals surface area contributed by atoms with Gasteiger partial charge in [0, 0.05) is 30.8 Å². The summed E-state index contributed by atoms with van der Waals surface area (Å²) in [4.78, 5) is 11.9. The van der Waals surface area contributed by atoms with E-state index in [-0.39, 0.29) is 66.6 Å². The van der Waals surface area contributed by atoms with Crippen LogP contribution in [0.4, 0.5) is 0 Å². The molecule has 8 rings (SSSR count). The maximum Gasteiger partial charge on any atom is 0.331 e. The standard InChI is InChI=1S/C39H60O12/c1-21-31(50-36-16-28(40)30(42)19-46-36)6-7-34(48-21)51-32-20-47-35(17-29(32)41)49-24-8-11-37(2)23(15-24)4-5-27-26(37)9-12-38(3)25(10-13-39(27,38)44)22-14-33(43)45-18-22/h14,21,23-32,34-36,40-42,44H,4-13,15-20H2,1-3H3/t21-,23-,24+,25-,26?,27-,28+,29+,30-,31+,32-,34?,35+,36+,37+,38-,39+/m1/s1. The van der Waals surface area contributed by atoms with E-state index in [1.165, 1.54) is 0 Å². The molecule has 51 heavy (non-hydrogen) atoms. The Labute approximate surface area is 301 Å². The zero-order valence-electron chi connectivity index (χ0n) is 30.5. The molecule has 2 unspecified atom stereocenters. The minimum absolute atomic E-state index is 0.0402. The second kappa shape index (κ2) is 14.1. The van der Waals surface area contributed by atoms with Crippen molar-refractivity contribution < 1.29 is 58.4 Å².